The van der Waals surface area contributed by atoms with Gasteiger partial charge < -0.3 is 37.8 Å². The number of halogens is 3. The van der Waals surface area contributed by atoms with E-state index in [9.17, 15) is 19.7 Å². The molecule has 2 heterocycles. The van der Waals surface area contributed by atoms with Crippen molar-refractivity contribution in [2.45, 2.75) is 86.1 Å². The number of nitrogens with zero attached hydrogens (tertiary/aromatic N) is 3. The number of nitriles is 1. The fourth-order valence-electron chi connectivity index (χ4n) is 7.33. The SMILES string of the molecule is COc1ccc(C(OC[C@H]2O[C@@H](n3ccc(=O)[nH]c3=O)[C@H](OCOCC(Cl)(Cl)Cl)[C@@H]2OP(O)N(C(C)C)C(C)(C)CCC#N)(c2ccccc2)c2ccc(OC)cc2)cc1. The Bertz CT molecular complexity index is 2080. The molecule has 5 rings (SSSR count). The normalized spacial score (nSPS) is 19.1. The van der Waals surface area contributed by atoms with E-state index in [1.807, 2.05) is 107 Å². The Morgan fingerprint density at radius 1 is 0.917 bits per heavy atom. The van der Waals surface area contributed by atoms with Gasteiger partial charge in [-0.05, 0) is 75.1 Å². The summed E-state index contributed by atoms with van der Waals surface area (Å²) in [7, 11) is 0.732. The third-order valence-electron chi connectivity index (χ3n) is 10.0. The summed E-state index contributed by atoms with van der Waals surface area (Å²) in [6.07, 6.45) is -2.69. The van der Waals surface area contributed by atoms with Crippen molar-refractivity contribution in [2.75, 3.05) is 34.2 Å². The summed E-state index contributed by atoms with van der Waals surface area (Å²) in [5, 5.41) is 9.44. The first-order valence-corrected chi connectivity index (χ1v) is 21.4. The largest absolute Gasteiger partial charge is 0.497 e. The van der Waals surface area contributed by atoms with Crippen molar-refractivity contribution < 1.29 is 37.8 Å². The quantitative estimate of drug-likeness (QED) is 0.0294. The van der Waals surface area contributed by atoms with E-state index in [4.69, 9.17) is 67.7 Å². The molecule has 60 heavy (non-hydrogen) atoms. The second-order valence-electron chi connectivity index (χ2n) is 14.8. The molecule has 0 saturated carbocycles. The summed E-state index contributed by atoms with van der Waals surface area (Å²) in [4.78, 5) is 40.0. The first kappa shape index (κ1) is 47.5. The van der Waals surface area contributed by atoms with Crippen LogP contribution >= 0.6 is 43.3 Å². The first-order chi connectivity index (χ1) is 28.5. The molecule has 0 spiro atoms. The molecular weight excluding hydrogens is 858 g/mol. The highest BCUT2D eigenvalue weighted by molar-refractivity contribution is 7.43. The summed E-state index contributed by atoms with van der Waals surface area (Å²) >= 11 is 17.9. The number of hydrogen-bond donors (Lipinski definition) is 2. The zero-order chi connectivity index (χ0) is 43.7. The molecule has 18 heteroatoms. The monoisotopic (exact) mass is 906 g/mol. The van der Waals surface area contributed by atoms with Crippen molar-refractivity contribution >= 4 is 43.3 Å². The Balaban J connectivity index is 1.65. The smallest absolute Gasteiger partial charge is 0.330 e. The maximum atomic E-state index is 13.4. The van der Waals surface area contributed by atoms with E-state index in [2.05, 4.69) is 11.1 Å². The number of H-pyrrole nitrogens is 1. The number of ether oxygens (including phenoxy) is 6. The molecule has 0 amide bonds. The highest BCUT2D eigenvalue weighted by atomic mass is 35.6. The van der Waals surface area contributed by atoms with E-state index >= 15 is 0 Å². The second-order valence-corrected chi connectivity index (χ2v) is 18.5. The van der Waals surface area contributed by atoms with Gasteiger partial charge in [0.2, 0.25) is 3.79 Å². The summed E-state index contributed by atoms with van der Waals surface area (Å²) in [5.41, 5.74) is -1.14. The maximum Gasteiger partial charge on any atom is 0.330 e. The van der Waals surface area contributed by atoms with E-state index in [1.54, 1.807) is 18.9 Å². The van der Waals surface area contributed by atoms with E-state index in [0.29, 0.717) is 17.9 Å². The molecule has 1 saturated heterocycles. The minimum Gasteiger partial charge on any atom is -0.497 e. The molecule has 1 aliphatic heterocycles. The van der Waals surface area contributed by atoms with Crippen LogP contribution in [0.5, 0.6) is 11.5 Å². The van der Waals surface area contributed by atoms with Gasteiger partial charge in [0.05, 0.1) is 33.5 Å². The third kappa shape index (κ3) is 11.5. The molecule has 0 bridgehead atoms. The molecule has 1 aromatic heterocycles. The predicted molar refractivity (Wildman–Crippen MR) is 229 cm³/mol. The number of methoxy groups -OCH3 is 2. The molecule has 2 N–H and O–H groups in total. The number of benzene rings is 3. The van der Waals surface area contributed by atoms with Crippen molar-refractivity contribution in [3.8, 4) is 17.6 Å². The topological polar surface area (TPSA) is 167 Å². The molecule has 0 radical (unpaired) electrons. The number of rotatable bonds is 20. The van der Waals surface area contributed by atoms with Crippen LogP contribution in [0.15, 0.2) is 101 Å². The first-order valence-electron chi connectivity index (χ1n) is 19.1. The van der Waals surface area contributed by atoms with Crippen molar-refractivity contribution in [1.29, 1.82) is 5.26 Å². The Kier molecular flexibility index (Phi) is 16.6. The molecule has 324 valence electrons. The van der Waals surface area contributed by atoms with Crippen LogP contribution in [0.3, 0.4) is 0 Å². The molecule has 3 aromatic carbocycles. The van der Waals surface area contributed by atoms with Crippen LogP contribution in [0.2, 0.25) is 0 Å². The lowest BCUT2D eigenvalue weighted by atomic mass is 9.80. The van der Waals surface area contributed by atoms with E-state index in [1.165, 1.54) is 12.3 Å². The number of alkyl halides is 3. The van der Waals surface area contributed by atoms with Crippen molar-refractivity contribution in [3.05, 3.63) is 129 Å². The van der Waals surface area contributed by atoms with Crippen LogP contribution in [-0.2, 0) is 29.1 Å². The van der Waals surface area contributed by atoms with Gasteiger partial charge in [0, 0.05) is 30.3 Å². The summed E-state index contributed by atoms with van der Waals surface area (Å²) < 4.78 is 44.6. The van der Waals surface area contributed by atoms with Gasteiger partial charge in [-0.2, -0.15) is 5.26 Å². The maximum absolute atomic E-state index is 13.4. The van der Waals surface area contributed by atoms with Gasteiger partial charge >= 0.3 is 5.69 Å². The van der Waals surface area contributed by atoms with Crippen molar-refractivity contribution in [3.63, 3.8) is 0 Å². The van der Waals surface area contributed by atoms with Gasteiger partial charge in [-0.3, -0.25) is 14.3 Å². The average Bonchev–Trinajstić information content (AvgIpc) is 3.54. The molecule has 1 aliphatic rings. The van der Waals surface area contributed by atoms with Gasteiger partial charge in [0.1, 0.15) is 42.2 Å². The highest BCUT2D eigenvalue weighted by Gasteiger charge is 2.52. The third-order valence-corrected chi connectivity index (χ3v) is 12.1. The Morgan fingerprint density at radius 2 is 1.50 bits per heavy atom. The van der Waals surface area contributed by atoms with E-state index in [-0.39, 0.29) is 25.7 Å². The second kappa shape index (κ2) is 21.0. The van der Waals surface area contributed by atoms with Crippen LogP contribution in [0.25, 0.3) is 0 Å². The van der Waals surface area contributed by atoms with Gasteiger partial charge in [0.15, 0.2) is 6.23 Å². The lowest BCUT2D eigenvalue weighted by Gasteiger charge is -2.43. The average molecular weight is 908 g/mol. The standard InChI is InChI=1S/C42H50Cl3N4O10P/c1-28(2)49(40(3,4)22-10-23-46)60(52)59-36-34(58-38(48-24-21-35(50)47-39(48)51)37(36)56-27-55-26-41(43,44)45)25-57-42(29-11-8-7-9-12-29,30-13-17-32(53-5)18-14-30)31-15-19-33(54-6)20-16-31/h7-9,11-21,24,28,34,36-38,52H,10,22,25-27H2,1-6H3,(H,47,50,51)/t34-,36-,37-,38-,60?/m1/s1. The molecule has 14 nitrogen and oxygen atoms in total. The summed E-state index contributed by atoms with van der Waals surface area (Å²) in [5.74, 6) is 1.27. The zero-order valence-electron chi connectivity index (χ0n) is 34.1. The Hall–Kier alpha value is -3.55. The fraction of sp³-hybridized carbons (Fsp3) is 0.452. The number of aromatic amines is 1. The van der Waals surface area contributed by atoms with Gasteiger partial charge in [-0.1, -0.05) is 89.4 Å². The summed E-state index contributed by atoms with van der Waals surface area (Å²) in [6.45, 7) is 6.68. The van der Waals surface area contributed by atoms with Crippen LogP contribution < -0.4 is 20.7 Å². The molecular formula is C42H50Cl3N4O10P. The molecule has 5 atom stereocenters. The Labute approximate surface area is 365 Å². The van der Waals surface area contributed by atoms with Crippen LogP contribution in [0, 0.1) is 11.3 Å². The van der Waals surface area contributed by atoms with Crippen LogP contribution in [0.4, 0.5) is 0 Å². The number of aromatic nitrogens is 2. The molecule has 1 fully saturated rings. The van der Waals surface area contributed by atoms with Gasteiger partial charge in [-0.15, -0.1) is 0 Å². The minimum absolute atomic E-state index is 0.205. The van der Waals surface area contributed by atoms with E-state index < -0.39 is 66.0 Å². The van der Waals surface area contributed by atoms with Gasteiger partial charge in [-0.25, -0.2) is 9.46 Å². The number of nitrogens with one attached hydrogen (secondary N) is 1. The Morgan fingerprint density at radius 3 is 2.02 bits per heavy atom. The summed E-state index contributed by atoms with van der Waals surface area (Å²) in [6, 6.07) is 27.7. The lowest BCUT2D eigenvalue weighted by Crippen LogP contribution is -2.47. The predicted octanol–water partition coefficient (Wildman–Crippen LogP) is 7.59. The van der Waals surface area contributed by atoms with Crippen LogP contribution in [-0.4, -0.2) is 87.0 Å². The van der Waals surface area contributed by atoms with Crippen LogP contribution in [0.1, 0.15) is 63.5 Å². The number of hydrogen-bond acceptors (Lipinski definition) is 12. The van der Waals surface area contributed by atoms with Gasteiger partial charge in [0.25, 0.3) is 14.1 Å². The zero-order valence-corrected chi connectivity index (χ0v) is 37.3. The molecule has 0 aliphatic carbocycles. The molecule has 1 unspecified atom stereocenters. The highest BCUT2D eigenvalue weighted by Crippen LogP contribution is 2.50. The van der Waals surface area contributed by atoms with Crippen molar-refractivity contribution in [1.82, 2.24) is 14.2 Å². The van der Waals surface area contributed by atoms with E-state index in [0.717, 1.165) is 21.3 Å². The fourth-order valence-corrected chi connectivity index (χ4v) is 9.09. The molecule has 4 aromatic rings. The van der Waals surface area contributed by atoms with Crippen molar-refractivity contribution in [2.24, 2.45) is 0 Å². The minimum atomic E-state index is -2.44. The lowest BCUT2D eigenvalue weighted by molar-refractivity contribution is -0.138.